The fraction of sp³-hybridized carbons (Fsp3) is 0.417. The molecule has 17 heavy (non-hydrogen) atoms. The zero-order valence-electron chi connectivity index (χ0n) is 10.2. The molecule has 1 rings (SSSR count). The average Bonchev–Trinajstić information content (AvgIpc) is 2.13. The third-order valence-corrected chi connectivity index (χ3v) is 2.52. The number of rotatable bonds is 2. The maximum absolute atomic E-state index is 6.03. The van der Waals surface area contributed by atoms with Crippen LogP contribution in [0.3, 0.4) is 0 Å². The number of aliphatic imine (C=N–C) groups is 1. The van der Waals surface area contributed by atoms with Crippen molar-refractivity contribution in [1.82, 2.24) is 5.32 Å². The van der Waals surface area contributed by atoms with Crippen LogP contribution >= 0.6 is 23.2 Å². The largest absolute Gasteiger partial charge is 0.370 e. The molecule has 5 heteroatoms. The van der Waals surface area contributed by atoms with Crippen LogP contribution in [0.2, 0.25) is 10.0 Å². The molecule has 0 saturated heterocycles. The Balaban J connectivity index is 2.69. The Morgan fingerprint density at radius 2 is 2.00 bits per heavy atom. The molecule has 0 atom stereocenters. The van der Waals surface area contributed by atoms with E-state index < -0.39 is 0 Å². The summed E-state index contributed by atoms with van der Waals surface area (Å²) < 4.78 is 0. The molecule has 0 unspecified atom stereocenters. The highest BCUT2D eigenvalue weighted by Crippen LogP contribution is 2.21. The second kappa shape index (κ2) is 5.61. The molecule has 0 saturated carbocycles. The van der Waals surface area contributed by atoms with Gasteiger partial charge in [0.2, 0.25) is 0 Å². The summed E-state index contributed by atoms with van der Waals surface area (Å²) in [5.41, 5.74) is 6.56. The van der Waals surface area contributed by atoms with Crippen LogP contribution in [0, 0.1) is 0 Å². The van der Waals surface area contributed by atoms with Crippen LogP contribution < -0.4 is 11.1 Å². The molecule has 3 N–H and O–H groups in total. The predicted octanol–water partition coefficient (Wildman–Crippen LogP) is 3.20. The summed E-state index contributed by atoms with van der Waals surface area (Å²) in [5, 5.41) is 4.29. The number of nitrogens with one attached hydrogen (secondary N) is 1. The average molecular weight is 274 g/mol. The second-order valence-corrected chi connectivity index (χ2v) is 5.66. The molecule has 0 fully saturated rings. The fourth-order valence-corrected chi connectivity index (χ4v) is 1.71. The van der Waals surface area contributed by atoms with Gasteiger partial charge in [-0.25, -0.2) is 4.99 Å². The standard InChI is InChI=1S/C12H17Cl2N3/c1-12(2,3)17-11(15)16-7-8-4-5-9(13)6-10(8)14/h4-6H,7H2,1-3H3,(H3,15,16,17). The maximum atomic E-state index is 6.03. The molecule has 0 aromatic heterocycles. The Kier molecular flexibility index (Phi) is 4.66. The zero-order chi connectivity index (χ0) is 13.1. The van der Waals surface area contributed by atoms with E-state index in [1.807, 2.05) is 26.8 Å². The van der Waals surface area contributed by atoms with Gasteiger partial charge in [-0.3, -0.25) is 0 Å². The number of benzene rings is 1. The topological polar surface area (TPSA) is 50.4 Å². The van der Waals surface area contributed by atoms with Crippen molar-refractivity contribution in [3.63, 3.8) is 0 Å². The van der Waals surface area contributed by atoms with E-state index in [9.17, 15) is 0 Å². The van der Waals surface area contributed by atoms with E-state index >= 15 is 0 Å². The first-order chi connectivity index (χ1) is 7.78. The molecule has 0 amide bonds. The molecule has 1 aromatic rings. The Labute approximate surface area is 112 Å². The van der Waals surface area contributed by atoms with E-state index in [0.29, 0.717) is 22.5 Å². The number of halogens is 2. The Morgan fingerprint density at radius 1 is 1.35 bits per heavy atom. The van der Waals surface area contributed by atoms with Gasteiger partial charge in [-0.1, -0.05) is 29.3 Å². The van der Waals surface area contributed by atoms with E-state index in [1.165, 1.54) is 0 Å². The summed E-state index contributed by atoms with van der Waals surface area (Å²) in [5.74, 6) is 0.406. The van der Waals surface area contributed by atoms with E-state index in [0.717, 1.165) is 5.56 Å². The molecule has 0 bridgehead atoms. The number of nitrogens with two attached hydrogens (primary N) is 1. The van der Waals surface area contributed by atoms with Crippen molar-refractivity contribution in [2.75, 3.05) is 0 Å². The lowest BCUT2D eigenvalue weighted by atomic mass is 10.1. The third-order valence-electron chi connectivity index (χ3n) is 1.94. The van der Waals surface area contributed by atoms with Crippen molar-refractivity contribution < 1.29 is 0 Å². The Bertz CT molecular complexity index is 422. The van der Waals surface area contributed by atoms with Gasteiger partial charge in [0.25, 0.3) is 0 Å². The minimum atomic E-state index is -0.0998. The van der Waals surface area contributed by atoms with Crippen LogP contribution in [0.4, 0.5) is 0 Å². The molecule has 3 nitrogen and oxygen atoms in total. The first-order valence-electron chi connectivity index (χ1n) is 5.30. The van der Waals surface area contributed by atoms with E-state index in [4.69, 9.17) is 28.9 Å². The summed E-state index contributed by atoms with van der Waals surface area (Å²) in [6, 6.07) is 5.32. The van der Waals surface area contributed by atoms with Gasteiger partial charge in [-0.05, 0) is 38.5 Å². The fourth-order valence-electron chi connectivity index (χ4n) is 1.24. The molecular weight excluding hydrogens is 257 g/mol. The number of nitrogens with zero attached hydrogens (tertiary/aromatic N) is 1. The van der Waals surface area contributed by atoms with Crippen LogP contribution in [-0.2, 0) is 6.54 Å². The van der Waals surface area contributed by atoms with Gasteiger partial charge in [0.15, 0.2) is 5.96 Å². The molecule has 1 aromatic carbocycles. The van der Waals surface area contributed by atoms with E-state index in [-0.39, 0.29) is 5.54 Å². The van der Waals surface area contributed by atoms with Crippen molar-refractivity contribution in [2.45, 2.75) is 32.9 Å². The summed E-state index contributed by atoms with van der Waals surface area (Å²) >= 11 is 11.8. The number of guanidine groups is 1. The van der Waals surface area contributed by atoms with E-state index in [1.54, 1.807) is 12.1 Å². The second-order valence-electron chi connectivity index (χ2n) is 4.81. The van der Waals surface area contributed by atoms with Crippen molar-refractivity contribution in [1.29, 1.82) is 0 Å². The molecule has 94 valence electrons. The normalized spacial score (nSPS) is 12.6. The lowest BCUT2D eigenvalue weighted by molar-refractivity contribution is 0.508. The van der Waals surface area contributed by atoms with Gasteiger partial charge in [0.1, 0.15) is 0 Å². The molecule has 0 aliphatic heterocycles. The van der Waals surface area contributed by atoms with Gasteiger partial charge in [0, 0.05) is 15.6 Å². The highest BCUT2D eigenvalue weighted by molar-refractivity contribution is 6.35. The Morgan fingerprint density at radius 3 is 2.53 bits per heavy atom. The number of hydrogen-bond donors (Lipinski definition) is 2. The van der Waals surface area contributed by atoms with Crippen molar-refractivity contribution in [3.05, 3.63) is 33.8 Å². The predicted molar refractivity (Wildman–Crippen MR) is 74.7 cm³/mol. The zero-order valence-corrected chi connectivity index (χ0v) is 11.7. The minimum Gasteiger partial charge on any atom is -0.370 e. The van der Waals surface area contributed by atoms with Crippen molar-refractivity contribution in [3.8, 4) is 0 Å². The van der Waals surface area contributed by atoms with Crippen LogP contribution in [0.25, 0.3) is 0 Å². The van der Waals surface area contributed by atoms with Crippen molar-refractivity contribution >= 4 is 29.2 Å². The maximum Gasteiger partial charge on any atom is 0.189 e. The highest BCUT2D eigenvalue weighted by Gasteiger charge is 2.09. The molecule has 0 aliphatic carbocycles. The summed E-state index contributed by atoms with van der Waals surface area (Å²) in [7, 11) is 0. The lowest BCUT2D eigenvalue weighted by Crippen LogP contribution is -2.44. The van der Waals surface area contributed by atoms with Crippen LogP contribution in [0.5, 0.6) is 0 Å². The molecule has 0 radical (unpaired) electrons. The van der Waals surface area contributed by atoms with Gasteiger partial charge in [0.05, 0.1) is 6.54 Å². The molecular formula is C12H17Cl2N3. The molecule has 0 heterocycles. The van der Waals surface area contributed by atoms with Gasteiger partial charge < -0.3 is 11.1 Å². The van der Waals surface area contributed by atoms with Gasteiger partial charge in [-0.15, -0.1) is 0 Å². The van der Waals surface area contributed by atoms with Crippen molar-refractivity contribution in [2.24, 2.45) is 10.7 Å². The SMILES string of the molecule is CC(C)(C)NC(N)=NCc1ccc(Cl)cc1Cl. The summed E-state index contributed by atoms with van der Waals surface area (Å²) in [6.45, 7) is 6.49. The lowest BCUT2D eigenvalue weighted by Gasteiger charge is -2.21. The first kappa shape index (κ1) is 14.1. The van der Waals surface area contributed by atoms with Crippen LogP contribution in [-0.4, -0.2) is 11.5 Å². The van der Waals surface area contributed by atoms with Crippen LogP contribution in [0.15, 0.2) is 23.2 Å². The smallest absolute Gasteiger partial charge is 0.189 e. The highest BCUT2D eigenvalue weighted by atomic mass is 35.5. The van der Waals surface area contributed by atoms with Crippen LogP contribution in [0.1, 0.15) is 26.3 Å². The first-order valence-corrected chi connectivity index (χ1v) is 6.05. The van der Waals surface area contributed by atoms with E-state index in [2.05, 4.69) is 10.3 Å². The molecule has 0 spiro atoms. The Hall–Kier alpha value is -0.930. The minimum absolute atomic E-state index is 0.0998. The van der Waals surface area contributed by atoms with Gasteiger partial charge >= 0.3 is 0 Å². The third kappa shape index (κ3) is 5.29. The monoisotopic (exact) mass is 273 g/mol. The number of hydrogen-bond acceptors (Lipinski definition) is 1. The molecule has 0 aliphatic rings. The summed E-state index contributed by atoms with van der Waals surface area (Å²) in [4.78, 5) is 4.23. The quantitative estimate of drug-likeness (QED) is 0.642. The van der Waals surface area contributed by atoms with Gasteiger partial charge in [-0.2, -0.15) is 0 Å². The summed E-state index contributed by atoms with van der Waals surface area (Å²) in [6.07, 6.45) is 0.